The molecule has 11 heavy (non-hydrogen) atoms. The number of alkyl halides is 1. The molecule has 1 unspecified atom stereocenters. The Bertz CT molecular complexity index is 221. The Balaban J connectivity index is 1.85. The van der Waals surface area contributed by atoms with E-state index in [2.05, 4.69) is 0 Å². The number of para-hydroxylation sites is 1. The molecule has 0 aliphatic carbocycles. The SMILES string of the molecule is c1ccc(O[I-]C2CO2)cc1. The van der Waals surface area contributed by atoms with Gasteiger partial charge in [-0.25, -0.2) is 0 Å². The summed E-state index contributed by atoms with van der Waals surface area (Å²) in [4.78, 5) is 0. The third-order valence-electron chi connectivity index (χ3n) is 1.27. The minimum atomic E-state index is -0.225. The van der Waals surface area contributed by atoms with Crippen molar-refractivity contribution in [2.24, 2.45) is 0 Å². The molecule has 1 aromatic rings. The van der Waals surface area contributed by atoms with Crippen LogP contribution in [0.3, 0.4) is 0 Å². The third-order valence-corrected chi connectivity index (χ3v) is 3.32. The van der Waals surface area contributed by atoms with Crippen molar-refractivity contribution in [3.05, 3.63) is 30.3 Å². The Morgan fingerprint density at radius 2 is 2.09 bits per heavy atom. The van der Waals surface area contributed by atoms with Gasteiger partial charge in [-0.05, 0) is 0 Å². The predicted molar refractivity (Wildman–Crippen MR) is 36.8 cm³/mol. The number of hydrogen-bond acceptors (Lipinski definition) is 2. The number of ether oxygens (including phenoxy) is 1. The summed E-state index contributed by atoms with van der Waals surface area (Å²) in [6.07, 6.45) is 0. The first-order chi connectivity index (χ1) is 5.45. The van der Waals surface area contributed by atoms with E-state index < -0.39 is 0 Å². The number of epoxide rings is 1. The molecule has 1 atom stereocenters. The van der Waals surface area contributed by atoms with E-state index in [0.29, 0.717) is 4.11 Å². The van der Waals surface area contributed by atoms with Crippen LogP contribution in [0.15, 0.2) is 30.3 Å². The Kier molecular flexibility index (Phi) is 2.28. The predicted octanol–water partition coefficient (Wildman–Crippen LogP) is -1.57. The van der Waals surface area contributed by atoms with Crippen molar-refractivity contribution >= 4 is 0 Å². The van der Waals surface area contributed by atoms with Crippen molar-refractivity contribution in [3.8, 4) is 5.75 Å². The fourth-order valence-corrected chi connectivity index (χ4v) is 2.03. The van der Waals surface area contributed by atoms with Crippen LogP contribution in [0.2, 0.25) is 0 Å². The first-order valence-corrected chi connectivity index (χ1v) is 5.55. The summed E-state index contributed by atoms with van der Waals surface area (Å²) in [5.41, 5.74) is 0. The van der Waals surface area contributed by atoms with Crippen molar-refractivity contribution in [2.45, 2.75) is 4.11 Å². The van der Waals surface area contributed by atoms with Crippen LogP contribution in [0.25, 0.3) is 0 Å². The van der Waals surface area contributed by atoms with Gasteiger partial charge in [0.25, 0.3) is 0 Å². The standard InChI is InChI=1S/C8H8IO2/c1-2-4-7(5-3-1)11-9-8-6-10-8/h1-5,8H,6H2/q-1. The van der Waals surface area contributed by atoms with Gasteiger partial charge >= 0.3 is 76.2 Å². The van der Waals surface area contributed by atoms with E-state index in [9.17, 15) is 0 Å². The number of halogens is 1. The van der Waals surface area contributed by atoms with Gasteiger partial charge in [0.1, 0.15) is 0 Å². The zero-order chi connectivity index (χ0) is 7.52. The first-order valence-electron chi connectivity index (χ1n) is 3.42. The number of hydrogen-bond donors (Lipinski definition) is 0. The quantitative estimate of drug-likeness (QED) is 0.373. The van der Waals surface area contributed by atoms with Crippen LogP contribution in [0.1, 0.15) is 0 Å². The minimum absolute atomic E-state index is 0.225. The van der Waals surface area contributed by atoms with Gasteiger partial charge in [-0.15, -0.1) is 0 Å². The second-order valence-corrected chi connectivity index (χ2v) is 4.56. The monoisotopic (exact) mass is 263 g/mol. The van der Waals surface area contributed by atoms with Crippen LogP contribution < -0.4 is 24.7 Å². The van der Waals surface area contributed by atoms with E-state index in [1.807, 2.05) is 30.3 Å². The maximum absolute atomic E-state index is 5.51. The first kappa shape index (κ1) is 7.36. The zero-order valence-corrected chi connectivity index (χ0v) is 8.02. The molecule has 1 aromatic carbocycles. The Labute approximate surface area is 76.3 Å². The summed E-state index contributed by atoms with van der Waals surface area (Å²) >= 11 is -0.225. The summed E-state index contributed by atoms with van der Waals surface area (Å²) in [6, 6.07) is 9.89. The van der Waals surface area contributed by atoms with Crippen LogP contribution in [0.5, 0.6) is 5.75 Å². The molecule has 0 saturated carbocycles. The summed E-state index contributed by atoms with van der Waals surface area (Å²) in [5.74, 6) is 0.968. The van der Waals surface area contributed by atoms with Gasteiger partial charge < -0.3 is 0 Å². The van der Waals surface area contributed by atoms with Gasteiger partial charge in [0, 0.05) is 0 Å². The Morgan fingerprint density at radius 3 is 2.73 bits per heavy atom. The molecule has 1 fully saturated rings. The van der Waals surface area contributed by atoms with E-state index in [1.165, 1.54) is 0 Å². The zero-order valence-electron chi connectivity index (χ0n) is 5.87. The fourth-order valence-electron chi connectivity index (χ4n) is 0.661. The van der Waals surface area contributed by atoms with Gasteiger partial charge in [0.15, 0.2) is 0 Å². The molecule has 2 nitrogen and oxygen atoms in total. The molecular weight excluding hydrogens is 255 g/mol. The van der Waals surface area contributed by atoms with Crippen LogP contribution >= 0.6 is 0 Å². The van der Waals surface area contributed by atoms with Crippen LogP contribution in [0, 0.1) is 0 Å². The molecule has 0 N–H and O–H groups in total. The Morgan fingerprint density at radius 1 is 1.36 bits per heavy atom. The van der Waals surface area contributed by atoms with Crippen LogP contribution in [-0.4, -0.2) is 10.7 Å². The van der Waals surface area contributed by atoms with E-state index in [4.69, 9.17) is 7.80 Å². The third kappa shape index (κ3) is 2.34. The molecule has 1 saturated heterocycles. The summed E-state index contributed by atoms with van der Waals surface area (Å²) in [6.45, 7) is 0.903. The second-order valence-electron chi connectivity index (χ2n) is 2.22. The van der Waals surface area contributed by atoms with E-state index in [0.717, 1.165) is 12.4 Å². The molecule has 1 heterocycles. The molecule has 60 valence electrons. The summed E-state index contributed by atoms with van der Waals surface area (Å²) in [7, 11) is 0. The molecule has 2 rings (SSSR count). The van der Waals surface area contributed by atoms with Crippen molar-refractivity contribution in [3.63, 3.8) is 0 Å². The summed E-state index contributed by atoms with van der Waals surface area (Å²) in [5, 5.41) is 0. The molecule has 0 spiro atoms. The molecule has 1 aliphatic heterocycles. The second kappa shape index (κ2) is 3.40. The normalized spacial score (nSPS) is 21.6. The van der Waals surface area contributed by atoms with Crippen molar-refractivity contribution < 1.29 is 29.4 Å². The van der Waals surface area contributed by atoms with Crippen molar-refractivity contribution in [1.82, 2.24) is 0 Å². The average molecular weight is 263 g/mol. The van der Waals surface area contributed by atoms with Crippen molar-refractivity contribution in [1.29, 1.82) is 0 Å². The molecule has 0 radical (unpaired) electrons. The van der Waals surface area contributed by atoms with Gasteiger partial charge in [-0.2, -0.15) is 0 Å². The molecule has 3 heteroatoms. The van der Waals surface area contributed by atoms with E-state index in [1.54, 1.807) is 0 Å². The van der Waals surface area contributed by atoms with Crippen LogP contribution in [0.4, 0.5) is 0 Å². The molecule has 0 aromatic heterocycles. The molecule has 0 amide bonds. The molecular formula is C8H8IO2-. The number of rotatable bonds is 3. The molecule has 0 bridgehead atoms. The summed E-state index contributed by atoms with van der Waals surface area (Å²) < 4.78 is 11.0. The number of benzene rings is 1. The van der Waals surface area contributed by atoms with Gasteiger partial charge in [0.05, 0.1) is 0 Å². The van der Waals surface area contributed by atoms with E-state index >= 15 is 0 Å². The maximum atomic E-state index is 5.51. The molecule has 1 aliphatic rings. The average Bonchev–Trinajstić information content (AvgIpc) is 2.86. The Hall–Kier alpha value is -0.290. The fraction of sp³-hybridized carbons (Fsp3) is 0.250. The van der Waals surface area contributed by atoms with Gasteiger partial charge in [-0.3, -0.25) is 0 Å². The van der Waals surface area contributed by atoms with Crippen LogP contribution in [-0.2, 0) is 4.74 Å². The van der Waals surface area contributed by atoms with Crippen molar-refractivity contribution in [2.75, 3.05) is 6.61 Å². The van der Waals surface area contributed by atoms with E-state index in [-0.39, 0.29) is 21.6 Å². The van der Waals surface area contributed by atoms with Gasteiger partial charge in [-0.1, -0.05) is 0 Å². The topological polar surface area (TPSA) is 21.8 Å². The van der Waals surface area contributed by atoms with Gasteiger partial charge in [0.2, 0.25) is 0 Å².